The van der Waals surface area contributed by atoms with E-state index in [2.05, 4.69) is 6.92 Å². The lowest BCUT2D eigenvalue weighted by Crippen LogP contribution is -2.00. The van der Waals surface area contributed by atoms with Crippen molar-refractivity contribution >= 4 is 20.9 Å². The van der Waals surface area contributed by atoms with Crippen LogP contribution >= 0.6 is 0 Å². The van der Waals surface area contributed by atoms with E-state index in [4.69, 9.17) is 0 Å². The fourth-order valence-electron chi connectivity index (χ4n) is 3.76. The molecule has 0 aromatic heterocycles. The smallest absolute Gasteiger partial charge is 0.282 e. The third-order valence-electron chi connectivity index (χ3n) is 5.30. The first-order valence-electron chi connectivity index (χ1n) is 10.5. The molecule has 0 amide bonds. The average Bonchev–Trinajstić information content (AvgIpc) is 2.65. The van der Waals surface area contributed by atoms with Crippen molar-refractivity contribution in [1.29, 1.82) is 0 Å². The Kier molecular flexibility index (Phi) is 9.29. The van der Waals surface area contributed by atoms with Crippen molar-refractivity contribution in [3.63, 3.8) is 0 Å². The van der Waals surface area contributed by atoms with Gasteiger partial charge in [-0.15, -0.1) is 0 Å². The van der Waals surface area contributed by atoms with Gasteiger partial charge in [-0.3, -0.25) is 4.55 Å². The quantitative estimate of drug-likeness (QED) is 0.298. The Bertz CT molecular complexity index is 796. The third-order valence-corrected chi connectivity index (χ3v) is 6.21. The Morgan fingerprint density at radius 1 is 0.704 bits per heavy atom. The second-order valence-electron chi connectivity index (χ2n) is 7.53. The number of aryl methyl sites for hydroxylation is 1. The molecule has 2 rings (SSSR count). The molecule has 0 radical (unpaired) electrons. The molecule has 2 aromatic carbocycles. The lowest BCUT2D eigenvalue weighted by molar-refractivity contribution is 0.484. The van der Waals surface area contributed by atoms with Gasteiger partial charge in [0.15, 0.2) is 0 Å². The lowest BCUT2D eigenvalue weighted by atomic mass is 9.99. The van der Waals surface area contributed by atoms with Gasteiger partial charge in [0.05, 0.1) is 0 Å². The molecule has 0 fully saturated rings. The largest absolute Gasteiger partial charge is 0.295 e. The van der Waals surface area contributed by atoms with E-state index in [1.807, 2.05) is 24.3 Å². The standard InChI is InChI=1S/C23H34O3S/c1-2-3-4-5-6-7-8-9-10-11-12-15-20-18-19-23(27(24,25)26)22-17-14-13-16-21(20)22/h13-14,16-19H,2-12,15H2,1H3,(H,24,25,26). The number of unbranched alkanes of at least 4 members (excludes halogenated alkanes) is 10. The van der Waals surface area contributed by atoms with Crippen LogP contribution in [0.1, 0.15) is 83.1 Å². The first-order valence-corrected chi connectivity index (χ1v) is 12.0. The van der Waals surface area contributed by atoms with Crippen LogP contribution in [0.25, 0.3) is 10.8 Å². The van der Waals surface area contributed by atoms with Crippen LogP contribution in [0.15, 0.2) is 41.3 Å². The summed E-state index contributed by atoms with van der Waals surface area (Å²) in [6.45, 7) is 2.26. The normalized spacial score (nSPS) is 11.9. The van der Waals surface area contributed by atoms with Gasteiger partial charge in [-0.05, 0) is 29.9 Å². The van der Waals surface area contributed by atoms with Crippen LogP contribution in [-0.4, -0.2) is 13.0 Å². The molecule has 0 bridgehead atoms. The van der Waals surface area contributed by atoms with E-state index in [9.17, 15) is 13.0 Å². The van der Waals surface area contributed by atoms with Crippen LogP contribution < -0.4 is 0 Å². The highest BCUT2D eigenvalue weighted by molar-refractivity contribution is 7.86. The summed E-state index contributed by atoms with van der Waals surface area (Å²) in [4.78, 5) is 0.000728. The zero-order chi connectivity index (χ0) is 19.5. The SMILES string of the molecule is CCCCCCCCCCCCCc1ccc(S(=O)(=O)O)c2ccccc12. The Morgan fingerprint density at radius 2 is 1.22 bits per heavy atom. The zero-order valence-corrected chi connectivity index (χ0v) is 17.4. The first-order chi connectivity index (χ1) is 13.0. The van der Waals surface area contributed by atoms with Gasteiger partial charge in [0.1, 0.15) is 4.90 Å². The molecule has 2 aromatic rings. The zero-order valence-electron chi connectivity index (χ0n) is 16.6. The van der Waals surface area contributed by atoms with Crippen molar-refractivity contribution < 1.29 is 13.0 Å². The van der Waals surface area contributed by atoms with Gasteiger partial charge in [-0.2, -0.15) is 8.42 Å². The monoisotopic (exact) mass is 390 g/mol. The molecule has 0 aliphatic rings. The highest BCUT2D eigenvalue weighted by Gasteiger charge is 2.15. The number of rotatable bonds is 13. The Labute approximate surface area is 164 Å². The summed E-state index contributed by atoms with van der Waals surface area (Å²) in [5.74, 6) is 0. The summed E-state index contributed by atoms with van der Waals surface area (Å²) < 4.78 is 32.6. The summed E-state index contributed by atoms with van der Waals surface area (Å²) in [6.07, 6.45) is 15.4. The molecule has 0 aliphatic carbocycles. The minimum Gasteiger partial charge on any atom is -0.282 e. The van der Waals surface area contributed by atoms with Crippen LogP contribution in [-0.2, 0) is 16.5 Å². The maximum Gasteiger partial charge on any atom is 0.295 e. The fourth-order valence-corrected chi connectivity index (χ4v) is 4.45. The topological polar surface area (TPSA) is 54.4 Å². The van der Waals surface area contributed by atoms with Crippen LogP contribution in [0.2, 0.25) is 0 Å². The van der Waals surface area contributed by atoms with Gasteiger partial charge in [-0.25, -0.2) is 0 Å². The maximum atomic E-state index is 11.6. The molecule has 0 saturated heterocycles. The van der Waals surface area contributed by atoms with Crippen molar-refractivity contribution in [3.8, 4) is 0 Å². The van der Waals surface area contributed by atoms with Crippen LogP contribution in [0.5, 0.6) is 0 Å². The molecule has 0 spiro atoms. The van der Waals surface area contributed by atoms with Gasteiger partial charge >= 0.3 is 0 Å². The molecule has 3 nitrogen and oxygen atoms in total. The van der Waals surface area contributed by atoms with Gasteiger partial charge in [0, 0.05) is 5.39 Å². The van der Waals surface area contributed by atoms with E-state index in [1.54, 1.807) is 6.07 Å². The van der Waals surface area contributed by atoms with Crippen molar-refractivity contribution in [2.45, 2.75) is 88.9 Å². The highest BCUT2D eigenvalue weighted by Crippen LogP contribution is 2.27. The molecule has 27 heavy (non-hydrogen) atoms. The molecule has 0 heterocycles. The molecule has 150 valence electrons. The Hall–Kier alpha value is -1.39. The van der Waals surface area contributed by atoms with Gasteiger partial charge in [-0.1, -0.05) is 101 Å². The second kappa shape index (κ2) is 11.5. The summed E-state index contributed by atoms with van der Waals surface area (Å²) in [5, 5.41) is 1.54. The number of fused-ring (bicyclic) bond motifs is 1. The van der Waals surface area contributed by atoms with E-state index in [0.717, 1.165) is 23.8 Å². The minimum atomic E-state index is -4.19. The molecule has 1 N–H and O–H groups in total. The Balaban J connectivity index is 1.75. The summed E-state index contributed by atoms with van der Waals surface area (Å²) in [6, 6.07) is 10.8. The molecular formula is C23H34O3S. The fraction of sp³-hybridized carbons (Fsp3) is 0.565. The van der Waals surface area contributed by atoms with Crippen LogP contribution in [0.4, 0.5) is 0 Å². The molecule has 0 unspecified atom stereocenters. The van der Waals surface area contributed by atoms with Crippen LogP contribution in [0, 0.1) is 0 Å². The number of benzene rings is 2. The van der Waals surface area contributed by atoms with E-state index >= 15 is 0 Å². The Morgan fingerprint density at radius 3 is 1.78 bits per heavy atom. The molecule has 0 saturated carbocycles. The lowest BCUT2D eigenvalue weighted by Gasteiger charge is -2.10. The van der Waals surface area contributed by atoms with Gasteiger partial charge in [0.2, 0.25) is 0 Å². The van der Waals surface area contributed by atoms with E-state index < -0.39 is 10.1 Å². The molecular weight excluding hydrogens is 356 g/mol. The van der Waals surface area contributed by atoms with Crippen molar-refractivity contribution in [3.05, 3.63) is 42.0 Å². The minimum absolute atomic E-state index is 0.000728. The second-order valence-corrected chi connectivity index (χ2v) is 8.92. The van der Waals surface area contributed by atoms with Gasteiger partial charge < -0.3 is 0 Å². The molecule has 0 aliphatic heterocycles. The molecule has 0 atom stereocenters. The summed E-state index contributed by atoms with van der Waals surface area (Å²) in [7, 11) is -4.19. The highest BCUT2D eigenvalue weighted by atomic mass is 32.2. The van der Waals surface area contributed by atoms with Crippen LogP contribution in [0.3, 0.4) is 0 Å². The maximum absolute atomic E-state index is 11.6. The summed E-state index contributed by atoms with van der Waals surface area (Å²) >= 11 is 0. The van der Waals surface area contributed by atoms with E-state index in [0.29, 0.717) is 5.39 Å². The van der Waals surface area contributed by atoms with Gasteiger partial charge in [0.25, 0.3) is 10.1 Å². The predicted molar refractivity (Wildman–Crippen MR) is 114 cm³/mol. The third kappa shape index (κ3) is 7.27. The average molecular weight is 391 g/mol. The summed E-state index contributed by atoms with van der Waals surface area (Å²) in [5.41, 5.74) is 1.16. The van der Waals surface area contributed by atoms with Crippen molar-refractivity contribution in [1.82, 2.24) is 0 Å². The number of hydrogen-bond acceptors (Lipinski definition) is 2. The van der Waals surface area contributed by atoms with E-state index in [-0.39, 0.29) is 4.90 Å². The first kappa shape index (κ1) is 21.9. The van der Waals surface area contributed by atoms with Crippen molar-refractivity contribution in [2.24, 2.45) is 0 Å². The van der Waals surface area contributed by atoms with E-state index in [1.165, 1.54) is 70.3 Å². The number of hydrogen-bond donors (Lipinski definition) is 1. The van der Waals surface area contributed by atoms with Crippen molar-refractivity contribution in [2.75, 3.05) is 0 Å². The molecule has 4 heteroatoms. The predicted octanol–water partition coefficient (Wildman–Crippen LogP) is 6.94.